The van der Waals surface area contributed by atoms with E-state index in [1.807, 2.05) is 25.1 Å². The number of halogens is 2. The fourth-order valence-electron chi connectivity index (χ4n) is 3.70. The number of rotatable bonds is 3. The third kappa shape index (κ3) is 3.20. The summed E-state index contributed by atoms with van der Waals surface area (Å²) >= 11 is 13.9. The first-order chi connectivity index (χ1) is 12.4. The summed E-state index contributed by atoms with van der Waals surface area (Å²) in [5.41, 5.74) is 1.02. The first-order valence-corrected chi connectivity index (χ1v) is 10.3. The fourth-order valence-corrected chi connectivity index (χ4v) is 5.17. The van der Waals surface area contributed by atoms with Gasteiger partial charge in [-0.15, -0.1) is 5.10 Å². The zero-order valence-electron chi connectivity index (χ0n) is 14.6. The highest BCUT2D eigenvalue weighted by atomic mass is 35.5. The van der Waals surface area contributed by atoms with Gasteiger partial charge in [0, 0.05) is 6.54 Å². The number of aromatic hydroxyl groups is 1. The molecule has 26 heavy (non-hydrogen) atoms. The van der Waals surface area contributed by atoms with Gasteiger partial charge in [-0.3, -0.25) is 4.90 Å². The van der Waals surface area contributed by atoms with E-state index in [0.29, 0.717) is 26.7 Å². The maximum atomic E-state index is 10.8. The van der Waals surface area contributed by atoms with Crippen molar-refractivity contribution >= 4 is 39.5 Å². The Hall–Kier alpha value is -1.34. The van der Waals surface area contributed by atoms with E-state index in [1.54, 1.807) is 0 Å². The van der Waals surface area contributed by atoms with E-state index in [2.05, 4.69) is 21.9 Å². The van der Waals surface area contributed by atoms with Gasteiger partial charge in [0.15, 0.2) is 0 Å². The summed E-state index contributed by atoms with van der Waals surface area (Å²) in [6.45, 7) is 6.03. The Labute approximate surface area is 166 Å². The summed E-state index contributed by atoms with van der Waals surface area (Å²) < 4.78 is 1.52. The summed E-state index contributed by atoms with van der Waals surface area (Å²) in [7, 11) is 0. The molecule has 3 heterocycles. The molecule has 0 spiro atoms. The zero-order chi connectivity index (χ0) is 18.4. The van der Waals surface area contributed by atoms with Crippen molar-refractivity contribution < 1.29 is 5.11 Å². The normalized spacial score (nSPS) is 19.9. The van der Waals surface area contributed by atoms with Crippen molar-refractivity contribution in [3.05, 3.63) is 44.5 Å². The average Bonchev–Trinajstić information content (AvgIpc) is 3.09. The first-order valence-electron chi connectivity index (χ1n) is 8.68. The Kier molecular flexibility index (Phi) is 4.86. The summed E-state index contributed by atoms with van der Waals surface area (Å²) in [4.78, 5) is 8.35. The molecular formula is C18H20Cl2N4OS. The van der Waals surface area contributed by atoms with Gasteiger partial charge in [0.2, 0.25) is 10.8 Å². The highest BCUT2D eigenvalue weighted by molar-refractivity contribution is 7.17. The van der Waals surface area contributed by atoms with Crippen molar-refractivity contribution in [2.45, 2.75) is 32.7 Å². The van der Waals surface area contributed by atoms with E-state index in [9.17, 15) is 5.11 Å². The number of hydrogen-bond donors (Lipinski definition) is 1. The van der Waals surface area contributed by atoms with Crippen molar-refractivity contribution in [2.24, 2.45) is 5.92 Å². The Morgan fingerprint density at radius 2 is 2.12 bits per heavy atom. The van der Waals surface area contributed by atoms with Crippen LogP contribution in [0.25, 0.3) is 4.96 Å². The number of thiazole rings is 1. The third-order valence-corrected chi connectivity index (χ3v) is 6.68. The molecule has 1 aliphatic heterocycles. The molecule has 1 aromatic carbocycles. The van der Waals surface area contributed by atoms with E-state index >= 15 is 0 Å². The Bertz CT molecular complexity index is 954. The lowest BCUT2D eigenvalue weighted by Gasteiger charge is -2.37. The van der Waals surface area contributed by atoms with Gasteiger partial charge in [-0.1, -0.05) is 47.5 Å². The molecule has 138 valence electrons. The van der Waals surface area contributed by atoms with Crippen LogP contribution >= 0.6 is 34.5 Å². The number of nitrogens with zero attached hydrogens (tertiary/aromatic N) is 4. The second-order valence-electron chi connectivity index (χ2n) is 6.96. The van der Waals surface area contributed by atoms with Crippen LogP contribution in [0.15, 0.2) is 18.2 Å². The van der Waals surface area contributed by atoms with Gasteiger partial charge in [0.25, 0.3) is 0 Å². The number of aryl methyl sites for hydroxylation is 1. The monoisotopic (exact) mass is 410 g/mol. The predicted octanol–water partition coefficient (Wildman–Crippen LogP) is 4.93. The Morgan fingerprint density at radius 3 is 2.81 bits per heavy atom. The van der Waals surface area contributed by atoms with Gasteiger partial charge in [0.1, 0.15) is 5.82 Å². The Morgan fingerprint density at radius 1 is 1.31 bits per heavy atom. The highest BCUT2D eigenvalue weighted by Gasteiger charge is 2.32. The summed E-state index contributed by atoms with van der Waals surface area (Å²) in [5, 5.41) is 16.2. The molecule has 0 radical (unpaired) electrons. The predicted molar refractivity (Wildman–Crippen MR) is 106 cm³/mol. The van der Waals surface area contributed by atoms with Gasteiger partial charge >= 0.3 is 0 Å². The molecule has 0 amide bonds. The maximum absolute atomic E-state index is 10.8. The molecular weight excluding hydrogens is 391 g/mol. The lowest BCUT2D eigenvalue weighted by atomic mass is 9.95. The molecule has 2 aromatic heterocycles. The highest BCUT2D eigenvalue weighted by Crippen LogP contribution is 2.42. The van der Waals surface area contributed by atoms with E-state index in [-0.39, 0.29) is 11.9 Å². The molecule has 0 aliphatic carbocycles. The SMILES string of the molecule is Cc1nc2sc([C@@H](c3ccc(Cl)c(Cl)c3)N3CCC[C@@H](C)C3)c(O)n2n1. The number of piperidine rings is 1. The fraction of sp³-hybridized carbons (Fsp3) is 0.444. The molecule has 1 saturated heterocycles. The van der Waals surface area contributed by atoms with Crippen LogP contribution in [0.5, 0.6) is 5.88 Å². The number of benzene rings is 1. The second kappa shape index (κ2) is 7.00. The lowest BCUT2D eigenvalue weighted by molar-refractivity contribution is 0.149. The van der Waals surface area contributed by atoms with E-state index in [1.165, 1.54) is 22.3 Å². The van der Waals surface area contributed by atoms with E-state index in [4.69, 9.17) is 23.2 Å². The van der Waals surface area contributed by atoms with Crippen LogP contribution in [0.1, 0.15) is 42.1 Å². The van der Waals surface area contributed by atoms with Crippen LogP contribution in [0.3, 0.4) is 0 Å². The molecule has 1 N–H and O–H groups in total. The molecule has 8 heteroatoms. The summed E-state index contributed by atoms with van der Waals surface area (Å²) in [6, 6.07) is 5.60. The van der Waals surface area contributed by atoms with Gasteiger partial charge in [-0.2, -0.15) is 4.52 Å². The molecule has 1 fully saturated rings. The van der Waals surface area contributed by atoms with E-state index < -0.39 is 0 Å². The van der Waals surface area contributed by atoms with Crippen molar-refractivity contribution in [1.82, 2.24) is 19.5 Å². The van der Waals surface area contributed by atoms with Crippen molar-refractivity contribution in [3.63, 3.8) is 0 Å². The number of hydrogen-bond acceptors (Lipinski definition) is 5. The summed E-state index contributed by atoms with van der Waals surface area (Å²) in [6.07, 6.45) is 2.37. The minimum absolute atomic E-state index is 0.0960. The molecule has 0 unspecified atom stereocenters. The number of aromatic nitrogens is 3. The molecule has 2 atom stereocenters. The molecule has 5 nitrogen and oxygen atoms in total. The lowest BCUT2D eigenvalue weighted by Crippen LogP contribution is -2.37. The van der Waals surface area contributed by atoms with Crippen molar-refractivity contribution in [2.75, 3.05) is 13.1 Å². The zero-order valence-corrected chi connectivity index (χ0v) is 16.9. The topological polar surface area (TPSA) is 53.7 Å². The van der Waals surface area contributed by atoms with Crippen LogP contribution in [-0.4, -0.2) is 37.7 Å². The largest absolute Gasteiger partial charge is 0.492 e. The smallest absolute Gasteiger partial charge is 0.230 e. The van der Waals surface area contributed by atoms with Gasteiger partial charge in [0.05, 0.1) is 21.0 Å². The van der Waals surface area contributed by atoms with Crippen molar-refractivity contribution in [3.8, 4) is 5.88 Å². The van der Waals surface area contributed by atoms with Crippen LogP contribution in [0.2, 0.25) is 10.0 Å². The molecule has 1 aliphatic rings. The molecule has 4 rings (SSSR count). The van der Waals surface area contributed by atoms with Crippen LogP contribution in [0.4, 0.5) is 0 Å². The standard InChI is InChI=1S/C18H20Cl2N4OS/c1-10-4-3-7-23(9-10)15(12-5-6-13(19)14(20)8-12)16-17(25)24-18(26-16)21-11(2)22-24/h5-6,8,10,15,25H,3-4,7,9H2,1-2H3/t10-,15-/m1/s1. The second-order valence-corrected chi connectivity index (χ2v) is 8.79. The van der Waals surface area contributed by atoms with Crippen molar-refractivity contribution in [1.29, 1.82) is 0 Å². The molecule has 0 bridgehead atoms. The van der Waals surface area contributed by atoms with Gasteiger partial charge < -0.3 is 5.11 Å². The van der Waals surface area contributed by atoms with E-state index in [0.717, 1.165) is 30.0 Å². The first kappa shape index (κ1) is 18.0. The number of fused-ring (bicyclic) bond motifs is 1. The summed E-state index contributed by atoms with van der Waals surface area (Å²) in [5.74, 6) is 1.41. The number of likely N-dealkylation sites (tertiary alicyclic amines) is 1. The quantitative estimate of drug-likeness (QED) is 0.664. The minimum atomic E-state index is -0.0960. The maximum Gasteiger partial charge on any atom is 0.230 e. The molecule has 0 saturated carbocycles. The molecule has 3 aromatic rings. The Balaban J connectivity index is 1.84. The average molecular weight is 411 g/mol. The van der Waals surface area contributed by atoms with Crippen LogP contribution in [-0.2, 0) is 0 Å². The van der Waals surface area contributed by atoms with Gasteiger partial charge in [-0.05, 0) is 49.9 Å². The van der Waals surface area contributed by atoms with Crippen LogP contribution < -0.4 is 0 Å². The van der Waals surface area contributed by atoms with Gasteiger partial charge in [-0.25, -0.2) is 4.98 Å². The van der Waals surface area contributed by atoms with Crippen LogP contribution in [0, 0.1) is 12.8 Å². The third-order valence-electron chi connectivity index (χ3n) is 4.87. The minimum Gasteiger partial charge on any atom is -0.492 e.